The van der Waals surface area contributed by atoms with Gasteiger partial charge in [-0.05, 0) is 48.8 Å². The van der Waals surface area contributed by atoms with Crippen LogP contribution in [-0.4, -0.2) is 75.0 Å². The van der Waals surface area contributed by atoms with Gasteiger partial charge in [-0.3, -0.25) is 9.69 Å². The molecule has 166 valence electrons. The molecule has 0 aliphatic carbocycles. The van der Waals surface area contributed by atoms with Crippen LogP contribution >= 0.6 is 0 Å². The van der Waals surface area contributed by atoms with E-state index < -0.39 is 6.10 Å². The van der Waals surface area contributed by atoms with Crippen LogP contribution in [0.2, 0.25) is 0 Å². The molecule has 4 rings (SSSR count). The van der Waals surface area contributed by atoms with Crippen LogP contribution in [0.1, 0.15) is 40.2 Å². The summed E-state index contributed by atoms with van der Waals surface area (Å²) in [5, 5.41) is 24.1. The van der Waals surface area contributed by atoms with E-state index in [1.165, 1.54) is 22.5 Å². The van der Waals surface area contributed by atoms with E-state index in [-0.39, 0.29) is 12.5 Å². The fourth-order valence-corrected chi connectivity index (χ4v) is 4.43. The summed E-state index contributed by atoms with van der Waals surface area (Å²) in [5.74, 6) is 0.155. The predicted octanol–water partition coefficient (Wildman–Crippen LogP) is 1.27. The Labute approximate surface area is 182 Å². The first-order valence-electron chi connectivity index (χ1n) is 11.1. The van der Waals surface area contributed by atoms with E-state index in [0.717, 1.165) is 44.5 Å². The summed E-state index contributed by atoms with van der Waals surface area (Å²) in [6.45, 7) is 3.78. The number of nitrogens with one attached hydrogen (secondary N) is 1. The van der Waals surface area contributed by atoms with E-state index in [0.29, 0.717) is 31.2 Å². The predicted molar refractivity (Wildman–Crippen MR) is 116 cm³/mol. The van der Waals surface area contributed by atoms with Crippen LogP contribution in [0, 0.1) is 5.92 Å². The van der Waals surface area contributed by atoms with E-state index in [1.54, 1.807) is 6.07 Å². The molecular formula is C23H31N5O3. The number of hydrogen-bond donors (Lipinski definition) is 3. The third kappa shape index (κ3) is 6.07. The topological polar surface area (TPSA) is 102 Å². The van der Waals surface area contributed by atoms with Crippen molar-refractivity contribution in [3.05, 3.63) is 59.2 Å². The van der Waals surface area contributed by atoms with Crippen LogP contribution in [0.4, 0.5) is 0 Å². The maximum absolute atomic E-state index is 12.5. The Bertz CT molecular complexity index is 885. The van der Waals surface area contributed by atoms with Gasteiger partial charge in [-0.1, -0.05) is 24.3 Å². The standard InChI is InChI=1S/C23H31N5O3/c29-21(15-27-8-7-18-3-1-2-4-19(18)14-27)13-24-23(30)22-12-20(25-16-26-22)11-17-5-9-28(31)10-6-17/h1-4,12,16-17,21,29,31H,5-11,13-15H2,(H,24,30)/t21-/m0/s1. The molecule has 0 spiro atoms. The van der Waals surface area contributed by atoms with E-state index in [9.17, 15) is 15.1 Å². The monoisotopic (exact) mass is 425 g/mol. The Hall–Kier alpha value is -2.39. The Morgan fingerprint density at radius 2 is 1.94 bits per heavy atom. The summed E-state index contributed by atoms with van der Waals surface area (Å²) in [6, 6.07) is 10.1. The van der Waals surface area contributed by atoms with Crippen molar-refractivity contribution in [3.63, 3.8) is 0 Å². The number of carbonyl (C=O) groups excluding carboxylic acids is 1. The molecule has 31 heavy (non-hydrogen) atoms. The highest BCUT2D eigenvalue weighted by Gasteiger charge is 2.21. The van der Waals surface area contributed by atoms with Gasteiger partial charge in [0.2, 0.25) is 0 Å². The smallest absolute Gasteiger partial charge is 0.270 e. The summed E-state index contributed by atoms with van der Waals surface area (Å²) < 4.78 is 0. The summed E-state index contributed by atoms with van der Waals surface area (Å²) >= 11 is 0. The molecule has 2 aliphatic heterocycles. The van der Waals surface area contributed by atoms with Crippen molar-refractivity contribution in [2.45, 2.75) is 38.3 Å². The SMILES string of the molecule is O=C(NC[C@H](O)CN1CCc2ccccc2C1)c1cc(CC2CCN(O)CC2)ncn1. The molecular weight excluding hydrogens is 394 g/mol. The molecule has 8 nitrogen and oxygen atoms in total. The minimum atomic E-state index is -0.640. The molecule has 2 aromatic rings. The van der Waals surface area contributed by atoms with Crippen LogP contribution in [0.15, 0.2) is 36.7 Å². The van der Waals surface area contributed by atoms with Gasteiger partial charge in [-0.2, -0.15) is 5.06 Å². The average Bonchev–Trinajstić information content (AvgIpc) is 2.79. The zero-order chi connectivity index (χ0) is 21.6. The Balaban J connectivity index is 1.24. The number of carbonyl (C=O) groups is 1. The molecule has 1 aromatic heterocycles. The number of aliphatic hydroxyl groups is 1. The number of hydroxylamine groups is 2. The van der Waals surface area contributed by atoms with E-state index in [4.69, 9.17) is 0 Å². The Morgan fingerprint density at radius 3 is 2.74 bits per heavy atom. The average molecular weight is 426 g/mol. The van der Waals surface area contributed by atoms with Gasteiger partial charge in [0.15, 0.2) is 0 Å². The molecule has 2 aliphatic rings. The van der Waals surface area contributed by atoms with Crippen molar-refractivity contribution in [2.75, 3.05) is 32.7 Å². The third-order valence-corrected chi connectivity index (χ3v) is 6.22. The zero-order valence-electron chi connectivity index (χ0n) is 17.8. The number of nitrogens with zero attached hydrogens (tertiary/aromatic N) is 4. The van der Waals surface area contributed by atoms with Gasteiger partial charge in [0.05, 0.1) is 6.10 Å². The Morgan fingerprint density at radius 1 is 1.16 bits per heavy atom. The highest BCUT2D eigenvalue weighted by Crippen LogP contribution is 2.20. The molecule has 3 N–H and O–H groups in total. The maximum atomic E-state index is 12.5. The highest BCUT2D eigenvalue weighted by atomic mass is 16.5. The first-order chi connectivity index (χ1) is 15.1. The van der Waals surface area contributed by atoms with E-state index >= 15 is 0 Å². The lowest BCUT2D eigenvalue weighted by Crippen LogP contribution is -2.42. The van der Waals surface area contributed by atoms with Crippen LogP contribution in [0.3, 0.4) is 0 Å². The molecule has 1 amide bonds. The number of aliphatic hydroxyl groups excluding tert-OH is 1. The van der Waals surface area contributed by atoms with Crippen LogP contribution in [0.25, 0.3) is 0 Å². The van der Waals surface area contributed by atoms with Gasteiger partial charge in [0.25, 0.3) is 5.91 Å². The zero-order valence-corrected chi connectivity index (χ0v) is 17.8. The molecule has 0 bridgehead atoms. The van der Waals surface area contributed by atoms with Crippen molar-refractivity contribution in [1.29, 1.82) is 0 Å². The van der Waals surface area contributed by atoms with E-state index in [1.807, 2.05) is 6.07 Å². The van der Waals surface area contributed by atoms with Crippen molar-refractivity contribution >= 4 is 5.91 Å². The van der Waals surface area contributed by atoms with Crippen LogP contribution < -0.4 is 5.32 Å². The molecule has 1 fully saturated rings. The number of amides is 1. The van der Waals surface area contributed by atoms with Gasteiger partial charge in [0, 0.05) is 45.0 Å². The van der Waals surface area contributed by atoms with Crippen LogP contribution in [0.5, 0.6) is 0 Å². The first kappa shape index (κ1) is 21.8. The minimum absolute atomic E-state index is 0.186. The van der Waals surface area contributed by atoms with Crippen molar-refractivity contribution in [2.24, 2.45) is 5.92 Å². The second-order valence-corrected chi connectivity index (χ2v) is 8.61. The lowest BCUT2D eigenvalue weighted by Gasteiger charge is -2.30. The summed E-state index contributed by atoms with van der Waals surface area (Å²) in [4.78, 5) is 23.2. The minimum Gasteiger partial charge on any atom is -0.390 e. The fraction of sp³-hybridized carbons (Fsp3) is 0.522. The molecule has 0 radical (unpaired) electrons. The molecule has 8 heteroatoms. The third-order valence-electron chi connectivity index (χ3n) is 6.22. The summed E-state index contributed by atoms with van der Waals surface area (Å²) in [6.07, 6.45) is 4.36. The quantitative estimate of drug-likeness (QED) is 0.614. The number of fused-ring (bicyclic) bond motifs is 1. The summed E-state index contributed by atoms with van der Waals surface area (Å²) in [5.41, 5.74) is 3.85. The summed E-state index contributed by atoms with van der Waals surface area (Å²) in [7, 11) is 0. The Kier molecular flexibility index (Phi) is 7.24. The normalized spacial score (nSPS) is 19.0. The molecule has 0 saturated carbocycles. The lowest BCUT2D eigenvalue weighted by molar-refractivity contribution is -0.111. The number of aromatic nitrogens is 2. The van der Waals surface area contributed by atoms with Gasteiger partial charge in [-0.15, -0.1) is 0 Å². The van der Waals surface area contributed by atoms with E-state index in [2.05, 4.69) is 38.4 Å². The number of hydrogen-bond acceptors (Lipinski definition) is 7. The maximum Gasteiger partial charge on any atom is 0.270 e. The molecule has 1 atom stereocenters. The van der Waals surface area contributed by atoms with Crippen molar-refractivity contribution < 1.29 is 15.1 Å². The highest BCUT2D eigenvalue weighted by molar-refractivity contribution is 5.92. The number of benzene rings is 1. The molecule has 1 saturated heterocycles. The second-order valence-electron chi connectivity index (χ2n) is 8.61. The van der Waals surface area contributed by atoms with Gasteiger partial charge < -0.3 is 15.6 Å². The molecule has 0 unspecified atom stereocenters. The number of rotatable bonds is 7. The van der Waals surface area contributed by atoms with Crippen molar-refractivity contribution in [1.82, 2.24) is 25.2 Å². The van der Waals surface area contributed by atoms with Crippen molar-refractivity contribution in [3.8, 4) is 0 Å². The fourth-order valence-electron chi connectivity index (χ4n) is 4.43. The van der Waals surface area contributed by atoms with Gasteiger partial charge in [0.1, 0.15) is 12.0 Å². The van der Waals surface area contributed by atoms with Gasteiger partial charge >= 0.3 is 0 Å². The van der Waals surface area contributed by atoms with Gasteiger partial charge in [-0.25, -0.2) is 9.97 Å². The first-order valence-corrected chi connectivity index (χ1v) is 11.1. The van der Waals surface area contributed by atoms with Crippen LogP contribution in [-0.2, 0) is 19.4 Å². The molecule has 1 aromatic carbocycles. The second kappa shape index (κ2) is 10.3. The molecule has 3 heterocycles. The largest absolute Gasteiger partial charge is 0.390 e. The lowest BCUT2D eigenvalue weighted by atomic mass is 9.93. The number of piperidine rings is 1. The number of β-amino-alcohol motifs (C(OH)–C–C–N with tert-alkyl or cyclic N) is 1.